The third-order valence-corrected chi connectivity index (χ3v) is 12.1. The Balaban J connectivity index is 0.0000122. The van der Waals surface area contributed by atoms with Crippen molar-refractivity contribution >= 4 is 35.4 Å². The number of carbonyl (C=O) groups is 6. The van der Waals surface area contributed by atoms with Crippen LogP contribution in [0.3, 0.4) is 0 Å². The average Bonchev–Trinajstić information content (AvgIpc) is 3.29. The van der Waals surface area contributed by atoms with Crippen molar-refractivity contribution in [3.8, 4) is 0 Å². The molecule has 2 atom stereocenters. The molecule has 0 amide bonds. The smallest absolute Gasteiger partial charge is 0.333 e. The predicted octanol–water partition coefficient (Wildman–Crippen LogP) is 12.9. The fourth-order valence-electron chi connectivity index (χ4n) is 8.45. The molecule has 0 aliphatic rings. The van der Waals surface area contributed by atoms with Gasteiger partial charge in [0.1, 0.15) is 11.6 Å². The molecule has 0 aliphatic heterocycles. The number of hydrogen-bond acceptors (Lipinski definition) is 10. The summed E-state index contributed by atoms with van der Waals surface area (Å²) in [6.45, 7) is 18.2. The van der Waals surface area contributed by atoms with E-state index in [1.165, 1.54) is 0 Å². The largest absolute Gasteiger partial charge is 0.465 e. The van der Waals surface area contributed by atoms with E-state index in [0.29, 0.717) is 25.7 Å². The molecule has 0 aliphatic carbocycles. The van der Waals surface area contributed by atoms with Crippen molar-refractivity contribution in [1.82, 2.24) is 0 Å². The van der Waals surface area contributed by atoms with Gasteiger partial charge in [-0.25, -0.2) is 9.59 Å². The number of Topliss-reactive ketones (excluding diaryl/α,β-unsaturated/α-hetero) is 2. The summed E-state index contributed by atoms with van der Waals surface area (Å²) in [5, 5.41) is 0. The molecule has 10 heteroatoms. The van der Waals surface area contributed by atoms with E-state index in [-0.39, 0.29) is 93.0 Å². The van der Waals surface area contributed by atoms with Gasteiger partial charge in [0.05, 0.1) is 43.7 Å². The monoisotopic (exact) mass is 977 g/mol. The zero-order valence-electron chi connectivity index (χ0n) is 40.2. The highest BCUT2D eigenvalue weighted by Crippen LogP contribution is 2.44. The van der Waals surface area contributed by atoms with Crippen LogP contribution in [0.1, 0.15) is 126 Å². The molecule has 0 aromatic heterocycles. The minimum Gasteiger partial charge on any atom is -0.465 e. The summed E-state index contributed by atoms with van der Waals surface area (Å²) in [4.78, 5) is 83.2. The average molecular weight is 977 g/mol. The lowest BCUT2D eigenvalue weighted by Gasteiger charge is -2.37. The molecule has 0 spiro atoms. The molecule has 2 unspecified atom stereocenters. The van der Waals surface area contributed by atoms with Gasteiger partial charge in [0.15, 0.2) is 0 Å². The van der Waals surface area contributed by atoms with Crippen molar-refractivity contribution < 1.29 is 47.7 Å². The van der Waals surface area contributed by atoms with Crippen LogP contribution in [0.2, 0.25) is 0 Å². The summed E-state index contributed by atoms with van der Waals surface area (Å²) in [5.41, 5.74) is -1.34. The highest BCUT2D eigenvalue weighted by molar-refractivity contribution is 6.04. The number of esters is 4. The number of hydrogen-bond donors (Lipinski definition) is 0. The Bertz CT molecular complexity index is 2140. The summed E-state index contributed by atoms with van der Waals surface area (Å²) in [6.07, 6.45) is 0.935. The topological polar surface area (TPSA) is 139 Å². The number of ether oxygens (including phenoxy) is 4. The normalized spacial score (nSPS) is 12.5. The van der Waals surface area contributed by atoms with E-state index in [1.807, 2.05) is 121 Å². The van der Waals surface area contributed by atoms with E-state index in [1.54, 1.807) is 41.5 Å². The van der Waals surface area contributed by atoms with Gasteiger partial charge in [0.2, 0.25) is 0 Å². The van der Waals surface area contributed by atoms with Gasteiger partial charge in [-0.15, -0.1) is 0 Å². The van der Waals surface area contributed by atoms with E-state index in [4.69, 9.17) is 18.9 Å². The molecule has 0 heterocycles. The fraction of sp³-hybridized carbons (Fsp3) is 0.443. The van der Waals surface area contributed by atoms with Crippen molar-refractivity contribution in [1.29, 1.82) is 0 Å². The Morgan fingerprint density at radius 3 is 0.887 bits per heavy atom. The maximum absolute atomic E-state index is 14.3. The zero-order chi connectivity index (χ0) is 49.1. The number of benzene rings is 4. The summed E-state index contributed by atoms with van der Waals surface area (Å²) in [6, 6.07) is 38.2. The molecule has 0 bridgehead atoms. The van der Waals surface area contributed by atoms with Crippen LogP contribution in [0.4, 0.5) is 0 Å². The van der Waals surface area contributed by atoms with Crippen LogP contribution in [0.15, 0.2) is 146 Å². The van der Waals surface area contributed by atoms with Crippen LogP contribution in [0, 0.1) is 21.7 Å². The minimum absolute atomic E-state index is 0. The maximum Gasteiger partial charge on any atom is 0.333 e. The second-order valence-electron chi connectivity index (χ2n) is 19.3. The summed E-state index contributed by atoms with van der Waals surface area (Å²) < 4.78 is 22.7. The molecular weight excluding hydrogens is 893 g/mol. The molecule has 0 N–H and O–H groups in total. The SMILES string of the molecule is C.C.C.C.C=C(CC(C)(CC(C)(C)C(=O)CC(=O)C(C)(C)CC(C)(CC(=C)C(=O)OCCc1ccccc1)C(=O)OCCc1ccccc1)C(=O)OCCc1ccccc1)C(=O)OCCc1ccccc1. The molecule has 0 radical (unpaired) electrons. The van der Waals surface area contributed by atoms with Crippen molar-refractivity contribution in [3.05, 3.63) is 168 Å². The lowest BCUT2D eigenvalue weighted by atomic mass is 9.66. The van der Waals surface area contributed by atoms with Gasteiger partial charge >= 0.3 is 23.9 Å². The minimum atomic E-state index is -1.41. The first-order chi connectivity index (χ1) is 31.7. The molecular formula is C61H84O10. The van der Waals surface area contributed by atoms with Crippen LogP contribution in [-0.4, -0.2) is 61.9 Å². The maximum atomic E-state index is 14.3. The fourth-order valence-corrected chi connectivity index (χ4v) is 8.45. The Labute approximate surface area is 426 Å². The van der Waals surface area contributed by atoms with Crippen LogP contribution < -0.4 is 0 Å². The highest BCUT2D eigenvalue weighted by atomic mass is 16.5. The summed E-state index contributed by atoms with van der Waals surface area (Å²) in [5.74, 6) is -3.44. The highest BCUT2D eigenvalue weighted by Gasteiger charge is 2.47. The van der Waals surface area contributed by atoms with Gasteiger partial charge in [0.25, 0.3) is 0 Å². The lowest BCUT2D eigenvalue weighted by molar-refractivity contribution is -0.158. The molecule has 0 saturated heterocycles. The molecule has 4 aromatic rings. The second kappa shape index (κ2) is 30.3. The second-order valence-corrected chi connectivity index (χ2v) is 19.3. The van der Waals surface area contributed by atoms with Gasteiger partial charge in [-0.2, -0.15) is 0 Å². The summed E-state index contributed by atoms with van der Waals surface area (Å²) in [7, 11) is 0. The van der Waals surface area contributed by atoms with Crippen LogP contribution >= 0.6 is 0 Å². The standard InChI is InChI=1S/C57H68O10.4CH4/c1-42(50(60)64-33-29-44-21-13-9-14-22-44)38-56(7,52(62)66-35-31-46-25-17-11-18-26-46)40-54(3,4)48(58)37-49(59)55(5,6)41-57(8,53(63)67-36-32-47-27-19-12-20-28-47)39-43(2)51(61)65-34-30-45-23-15-10-16-24-45;;;;/h9-28H,1-2,29-41H2,3-8H3;4*1H4. The van der Waals surface area contributed by atoms with Gasteiger partial charge < -0.3 is 18.9 Å². The first-order valence-corrected chi connectivity index (χ1v) is 23.0. The molecule has 4 rings (SSSR count). The van der Waals surface area contributed by atoms with Crippen LogP contribution in [-0.2, 0) is 73.4 Å². The zero-order valence-corrected chi connectivity index (χ0v) is 40.2. The Kier molecular flexibility index (Phi) is 27.6. The first-order valence-electron chi connectivity index (χ1n) is 23.0. The van der Waals surface area contributed by atoms with Crippen molar-refractivity contribution in [2.24, 2.45) is 21.7 Å². The Morgan fingerprint density at radius 2 is 0.634 bits per heavy atom. The van der Waals surface area contributed by atoms with E-state index in [2.05, 4.69) is 13.2 Å². The van der Waals surface area contributed by atoms with Gasteiger partial charge in [-0.1, -0.05) is 192 Å². The van der Waals surface area contributed by atoms with E-state index in [9.17, 15) is 28.8 Å². The Morgan fingerprint density at radius 1 is 0.394 bits per heavy atom. The number of ketones is 2. The molecule has 4 aromatic carbocycles. The van der Waals surface area contributed by atoms with E-state index >= 15 is 0 Å². The van der Waals surface area contributed by atoms with Crippen molar-refractivity contribution in [3.63, 3.8) is 0 Å². The molecule has 388 valence electrons. The Hall–Kier alpha value is -6.42. The third-order valence-electron chi connectivity index (χ3n) is 12.1. The first kappa shape index (κ1) is 64.6. The van der Waals surface area contributed by atoms with Crippen LogP contribution in [0.5, 0.6) is 0 Å². The van der Waals surface area contributed by atoms with Gasteiger partial charge in [-0.05, 0) is 61.8 Å². The molecule has 71 heavy (non-hydrogen) atoms. The lowest BCUT2D eigenvalue weighted by Crippen LogP contribution is -2.42. The van der Waals surface area contributed by atoms with Gasteiger partial charge in [0, 0.05) is 47.7 Å². The quantitative estimate of drug-likeness (QED) is 0.0234. The molecule has 0 fully saturated rings. The third kappa shape index (κ3) is 20.8. The number of rotatable bonds is 28. The number of carbonyl (C=O) groups excluding carboxylic acids is 6. The van der Waals surface area contributed by atoms with Gasteiger partial charge in [-0.3, -0.25) is 19.2 Å². The molecule has 10 nitrogen and oxygen atoms in total. The summed E-state index contributed by atoms with van der Waals surface area (Å²) >= 11 is 0. The predicted molar refractivity (Wildman–Crippen MR) is 286 cm³/mol. The van der Waals surface area contributed by atoms with Crippen LogP contribution in [0.25, 0.3) is 0 Å². The molecule has 0 saturated carbocycles. The van der Waals surface area contributed by atoms with E-state index in [0.717, 1.165) is 22.3 Å². The van der Waals surface area contributed by atoms with Crippen molar-refractivity contribution in [2.45, 2.75) is 129 Å². The van der Waals surface area contributed by atoms with E-state index < -0.39 is 63.5 Å². The van der Waals surface area contributed by atoms with Crippen molar-refractivity contribution in [2.75, 3.05) is 26.4 Å².